The minimum Gasteiger partial charge on any atom is -0.456 e. The predicted octanol–water partition coefficient (Wildman–Crippen LogP) is 10.6. The molecule has 7 aromatic carbocycles. The highest BCUT2D eigenvalue weighted by Crippen LogP contribution is 2.42. The molecule has 0 saturated heterocycles. The smallest absolute Gasteiger partial charge is 0.170 e. The molecule has 2 heterocycles. The number of nitrogens with zero attached hydrogens (tertiary/aromatic N) is 2. The van der Waals surface area contributed by atoms with Crippen LogP contribution in [0.2, 0.25) is 0 Å². The van der Waals surface area contributed by atoms with Gasteiger partial charge in [-0.25, -0.2) is 9.98 Å². The Morgan fingerprint density at radius 2 is 1.04 bits per heavy atom. The molecule has 1 aliphatic heterocycles. The largest absolute Gasteiger partial charge is 0.456 e. The monoisotopic (exact) mass is 603 g/mol. The van der Waals surface area contributed by atoms with Crippen molar-refractivity contribution in [2.24, 2.45) is 9.98 Å². The molecular formula is C43H29N3O. The van der Waals surface area contributed by atoms with Crippen molar-refractivity contribution in [3.8, 4) is 22.3 Å². The van der Waals surface area contributed by atoms with Gasteiger partial charge in [0.2, 0.25) is 0 Å². The van der Waals surface area contributed by atoms with Crippen molar-refractivity contribution in [1.82, 2.24) is 5.32 Å². The highest BCUT2D eigenvalue weighted by atomic mass is 16.3. The van der Waals surface area contributed by atoms with Gasteiger partial charge in [0.1, 0.15) is 22.8 Å². The van der Waals surface area contributed by atoms with Crippen molar-refractivity contribution in [3.63, 3.8) is 0 Å². The van der Waals surface area contributed by atoms with Crippen LogP contribution in [0.5, 0.6) is 0 Å². The first kappa shape index (κ1) is 27.1. The molecule has 0 unspecified atom stereocenters. The summed E-state index contributed by atoms with van der Waals surface area (Å²) < 4.78 is 6.40. The van der Waals surface area contributed by atoms with Gasteiger partial charge >= 0.3 is 0 Å². The molecule has 0 bridgehead atoms. The van der Waals surface area contributed by atoms with E-state index in [0.717, 1.165) is 72.2 Å². The van der Waals surface area contributed by atoms with Crippen molar-refractivity contribution >= 4 is 44.4 Å². The molecule has 0 aliphatic carbocycles. The van der Waals surface area contributed by atoms with E-state index < -0.39 is 6.17 Å². The third kappa shape index (κ3) is 4.79. The molecule has 1 aromatic heterocycles. The molecule has 0 saturated carbocycles. The first-order chi connectivity index (χ1) is 23.3. The molecule has 1 aliphatic rings. The van der Waals surface area contributed by atoms with E-state index in [1.54, 1.807) is 0 Å². The van der Waals surface area contributed by atoms with Gasteiger partial charge in [-0.2, -0.15) is 0 Å². The molecule has 8 aromatic rings. The molecular weight excluding hydrogens is 574 g/mol. The number of aliphatic imine (C=N–C) groups is 2. The summed E-state index contributed by atoms with van der Waals surface area (Å²) in [4.78, 5) is 10.3. The van der Waals surface area contributed by atoms with Gasteiger partial charge in [0.05, 0.1) is 0 Å². The Hall–Kier alpha value is -6.26. The molecule has 1 N–H and O–H groups in total. The third-order valence-corrected chi connectivity index (χ3v) is 8.96. The Kier molecular flexibility index (Phi) is 6.50. The average Bonchev–Trinajstić information content (AvgIpc) is 3.54. The number of rotatable bonds is 5. The van der Waals surface area contributed by atoms with Gasteiger partial charge in [0.25, 0.3) is 0 Å². The Balaban J connectivity index is 1.23. The molecule has 4 heteroatoms. The number of fused-ring (bicyclic) bond motifs is 4. The molecule has 0 fully saturated rings. The molecule has 0 amide bonds. The first-order valence-corrected chi connectivity index (χ1v) is 15.9. The minimum absolute atomic E-state index is 0.417. The number of hydrogen-bond acceptors (Lipinski definition) is 4. The molecule has 0 spiro atoms. The van der Waals surface area contributed by atoms with E-state index >= 15 is 0 Å². The summed E-state index contributed by atoms with van der Waals surface area (Å²) in [5, 5.41) is 8.01. The minimum atomic E-state index is -0.417. The standard InChI is InChI=1S/C43H29N3O/c1-4-13-28(14-5-1)31-23-26-38-37(27-31)40-35(21-12-22-39(40)47-38)34-24-25-36(33-20-11-10-19-32(33)34)43-45-41(29-15-6-2-7-16-29)44-42(46-43)30-17-8-3-9-18-30/h1-27,43H,(H,44,45,46). The highest BCUT2D eigenvalue weighted by molar-refractivity contribution is 6.17. The van der Waals surface area contributed by atoms with Gasteiger partial charge in [0, 0.05) is 27.5 Å². The van der Waals surface area contributed by atoms with Crippen molar-refractivity contribution in [3.05, 3.63) is 180 Å². The quantitative estimate of drug-likeness (QED) is 0.213. The van der Waals surface area contributed by atoms with Crippen molar-refractivity contribution in [2.75, 3.05) is 0 Å². The van der Waals surface area contributed by atoms with Gasteiger partial charge in [-0.05, 0) is 51.2 Å². The lowest BCUT2D eigenvalue weighted by atomic mass is 9.91. The number of hydrogen-bond donors (Lipinski definition) is 1. The van der Waals surface area contributed by atoms with E-state index in [1.807, 2.05) is 42.5 Å². The van der Waals surface area contributed by atoms with Crippen LogP contribution in [0.4, 0.5) is 0 Å². The van der Waals surface area contributed by atoms with Crippen molar-refractivity contribution in [1.29, 1.82) is 0 Å². The Morgan fingerprint density at radius 3 is 1.72 bits per heavy atom. The maximum absolute atomic E-state index is 6.40. The fraction of sp³-hybridized carbons (Fsp3) is 0.0233. The van der Waals surface area contributed by atoms with E-state index in [2.05, 4.69) is 127 Å². The van der Waals surface area contributed by atoms with Crippen molar-refractivity contribution in [2.45, 2.75) is 6.17 Å². The van der Waals surface area contributed by atoms with Crippen LogP contribution in [0.3, 0.4) is 0 Å². The summed E-state index contributed by atoms with van der Waals surface area (Å²) >= 11 is 0. The van der Waals surface area contributed by atoms with Crippen LogP contribution in [0.15, 0.2) is 178 Å². The SMILES string of the molecule is c1ccc(C2=NC(c3ccc(-c4cccc5oc6ccc(-c7ccccc7)cc6c45)c4ccccc34)N=C(c3ccccc3)N2)cc1. The van der Waals surface area contributed by atoms with Crippen LogP contribution in [-0.2, 0) is 0 Å². The van der Waals surface area contributed by atoms with Gasteiger partial charge in [-0.1, -0.05) is 146 Å². The summed E-state index contributed by atoms with van der Waals surface area (Å²) in [7, 11) is 0. The van der Waals surface area contributed by atoms with E-state index in [9.17, 15) is 0 Å². The zero-order chi connectivity index (χ0) is 31.2. The second-order valence-electron chi connectivity index (χ2n) is 11.8. The van der Waals surface area contributed by atoms with Crippen LogP contribution in [-0.4, -0.2) is 11.7 Å². The summed E-state index contributed by atoms with van der Waals surface area (Å²) in [5.74, 6) is 1.61. The zero-order valence-electron chi connectivity index (χ0n) is 25.5. The normalized spacial score (nSPS) is 13.4. The summed E-state index contributed by atoms with van der Waals surface area (Å²) in [5.41, 5.74) is 9.51. The van der Waals surface area contributed by atoms with Gasteiger partial charge in [0.15, 0.2) is 6.17 Å². The zero-order valence-corrected chi connectivity index (χ0v) is 25.5. The van der Waals surface area contributed by atoms with Crippen LogP contribution < -0.4 is 5.32 Å². The predicted molar refractivity (Wildman–Crippen MR) is 194 cm³/mol. The summed E-state index contributed by atoms with van der Waals surface area (Å²) in [6.45, 7) is 0. The van der Waals surface area contributed by atoms with Crippen LogP contribution in [0, 0.1) is 0 Å². The van der Waals surface area contributed by atoms with Crippen LogP contribution >= 0.6 is 0 Å². The van der Waals surface area contributed by atoms with Gasteiger partial charge in [-0.3, -0.25) is 0 Å². The lowest BCUT2D eigenvalue weighted by Crippen LogP contribution is -2.36. The molecule has 4 nitrogen and oxygen atoms in total. The molecule has 9 rings (SSSR count). The number of amidine groups is 2. The van der Waals surface area contributed by atoms with E-state index in [0.29, 0.717) is 0 Å². The molecule has 47 heavy (non-hydrogen) atoms. The lowest BCUT2D eigenvalue weighted by molar-refractivity contribution is 0.669. The lowest BCUT2D eigenvalue weighted by Gasteiger charge is -2.23. The number of nitrogens with one attached hydrogen (secondary N) is 1. The second kappa shape index (κ2) is 11.3. The summed E-state index contributed by atoms with van der Waals surface area (Å²) in [6, 6.07) is 56.9. The maximum Gasteiger partial charge on any atom is 0.170 e. The second-order valence-corrected chi connectivity index (χ2v) is 11.8. The van der Waals surface area contributed by atoms with E-state index in [4.69, 9.17) is 14.4 Å². The average molecular weight is 604 g/mol. The molecule has 0 radical (unpaired) electrons. The van der Waals surface area contributed by atoms with E-state index in [1.165, 1.54) is 11.1 Å². The summed E-state index contributed by atoms with van der Waals surface area (Å²) in [6.07, 6.45) is -0.417. The Morgan fingerprint density at radius 1 is 0.426 bits per heavy atom. The fourth-order valence-electron chi connectivity index (χ4n) is 6.72. The van der Waals surface area contributed by atoms with Gasteiger partial charge < -0.3 is 9.73 Å². The van der Waals surface area contributed by atoms with Gasteiger partial charge in [-0.15, -0.1) is 0 Å². The Labute approximate surface area is 272 Å². The Bertz CT molecular complexity index is 2420. The van der Waals surface area contributed by atoms with E-state index in [-0.39, 0.29) is 0 Å². The highest BCUT2D eigenvalue weighted by Gasteiger charge is 2.23. The fourth-order valence-corrected chi connectivity index (χ4v) is 6.72. The van der Waals surface area contributed by atoms with Crippen molar-refractivity contribution < 1.29 is 4.42 Å². The number of benzene rings is 7. The maximum atomic E-state index is 6.40. The van der Waals surface area contributed by atoms with Crippen LogP contribution in [0.1, 0.15) is 22.9 Å². The molecule has 0 atom stereocenters. The first-order valence-electron chi connectivity index (χ1n) is 15.9. The third-order valence-electron chi connectivity index (χ3n) is 8.96. The topological polar surface area (TPSA) is 49.9 Å². The molecule has 222 valence electrons. The number of furan rings is 1. The van der Waals surface area contributed by atoms with Crippen LogP contribution in [0.25, 0.3) is 55.0 Å².